The van der Waals surface area contributed by atoms with Crippen molar-refractivity contribution >= 4 is 27.3 Å². The number of carbonyl (C=O) groups is 1. The van der Waals surface area contributed by atoms with Gasteiger partial charge >= 0.3 is 0 Å². The lowest BCUT2D eigenvalue weighted by atomic mass is 9.90. The zero-order chi connectivity index (χ0) is 18.3. The summed E-state index contributed by atoms with van der Waals surface area (Å²) in [4.78, 5) is 15.2. The second kappa shape index (κ2) is 6.56. The molecule has 2 fully saturated rings. The van der Waals surface area contributed by atoms with Gasteiger partial charge in [-0.3, -0.25) is 4.79 Å². The molecule has 1 saturated carbocycles. The van der Waals surface area contributed by atoms with E-state index in [0.717, 1.165) is 19.3 Å². The van der Waals surface area contributed by atoms with Crippen LogP contribution in [0.4, 0.5) is 0 Å². The number of rotatable bonds is 4. The van der Waals surface area contributed by atoms with E-state index in [4.69, 9.17) is 17.3 Å². The minimum atomic E-state index is -3.78. The van der Waals surface area contributed by atoms with E-state index in [-0.39, 0.29) is 16.2 Å². The Morgan fingerprint density at radius 2 is 1.80 bits per heavy atom. The highest BCUT2D eigenvalue weighted by atomic mass is 35.5. The quantitative estimate of drug-likeness (QED) is 0.865. The van der Waals surface area contributed by atoms with Gasteiger partial charge in [-0.15, -0.1) is 0 Å². The number of hydrogen-bond acceptors (Lipinski definition) is 4. The highest BCUT2D eigenvalue weighted by Gasteiger charge is 2.55. The third-order valence-corrected chi connectivity index (χ3v) is 8.53. The molecule has 1 heterocycles. The van der Waals surface area contributed by atoms with Crippen LogP contribution in [0.1, 0.15) is 39.0 Å². The fourth-order valence-corrected chi connectivity index (χ4v) is 6.29. The Morgan fingerprint density at radius 1 is 1.20 bits per heavy atom. The molecule has 2 N–H and O–H groups in total. The summed E-state index contributed by atoms with van der Waals surface area (Å²) in [5, 5.41) is 0.476. The number of nitrogens with zero attached hydrogens (tertiary/aromatic N) is 1. The highest BCUT2D eigenvalue weighted by Crippen LogP contribution is 2.43. The van der Waals surface area contributed by atoms with Crippen LogP contribution in [0.15, 0.2) is 29.2 Å². The fraction of sp³-hybridized carbons (Fsp3) is 0.611. The van der Waals surface area contributed by atoms with Gasteiger partial charge in [0, 0.05) is 18.1 Å². The number of nitrogens with two attached hydrogens (primary N) is 1. The molecule has 1 aliphatic carbocycles. The number of amides is 1. The average Bonchev–Trinajstić information content (AvgIpc) is 3.23. The van der Waals surface area contributed by atoms with Gasteiger partial charge in [-0.2, -0.15) is 0 Å². The molecular formula is C18H25ClN2O3S. The van der Waals surface area contributed by atoms with Crippen molar-refractivity contribution in [2.45, 2.75) is 48.7 Å². The van der Waals surface area contributed by atoms with Crippen molar-refractivity contribution in [1.82, 2.24) is 4.90 Å². The van der Waals surface area contributed by atoms with E-state index in [9.17, 15) is 13.2 Å². The smallest absolute Gasteiger partial charge is 0.244 e. The molecular weight excluding hydrogens is 360 g/mol. The Bertz CT molecular complexity index is 757. The number of carbonyl (C=O) groups excluding carboxylic acids is 1. The minimum absolute atomic E-state index is 0.126. The molecule has 138 valence electrons. The van der Waals surface area contributed by atoms with Crippen molar-refractivity contribution < 1.29 is 13.2 Å². The van der Waals surface area contributed by atoms with Gasteiger partial charge in [0.25, 0.3) is 0 Å². The summed E-state index contributed by atoms with van der Waals surface area (Å²) in [7, 11) is -3.78. The van der Waals surface area contributed by atoms with Crippen molar-refractivity contribution in [2.75, 3.05) is 19.6 Å². The van der Waals surface area contributed by atoms with Gasteiger partial charge in [-0.05, 0) is 55.5 Å². The molecule has 1 saturated heterocycles. The van der Waals surface area contributed by atoms with Crippen LogP contribution in [-0.2, 0) is 14.6 Å². The van der Waals surface area contributed by atoms with E-state index >= 15 is 0 Å². The number of likely N-dealkylation sites (tertiary alicyclic amines) is 1. The topological polar surface area (TPSA) is 80.5 Å². The molecule has 1 aliphatic heterocycles. The van der Waals surface area contributed by atoms with Crippen LogP contribution in [0.3, 0.4) is 0 Å². The van der Waals surface area contributed by atoms with Crippen molar-refractivity contribution in [3.8, 4) is 0 Å². The van der Waals surface area contributed by atoms with Gasteiger partial charge in [0.05, 0.1) is 4.90 Å². The molecule has 5 nitrogen and oxygen atoms in total. The lowest BCUT2D eigenvalue weighted by molar-refractivity contribution is -0.133. The lowest BCUT2D eigenvalue weighted by Crippen LogP contribution is -2.52. The summed E-state index contributed by atoms with van der Waals surface area (Å²) in [6.07, 6.45) is 3.08. The van der Waals surface area contributed by atoms with Crippen molar-refractivity contribution in [3.05, 3.63) is 29.3 Å². The van der Waals surface area contributed by atoms with Crippen molar-refractivity contribution in [2.24, 2.45) is 11.1 Å². The number of benzene rings is 1. The van der Waals surface area contributed by atoms with E-state index in [2.05, 4.69) is 6.92 Å². The Kier molecular flexibility index (Phi) is 4.90. The second-order valence-electron chi connectivity index (χ2n) is 7.65. The predicted molar refractivity (Wildman–Crippen MR) is 98.2 cm³/mol. The van der Waals surface area contributed by atoms with E-state index < -0.39 is 14.6 Å². The first-order chi connectivity index (χ1) is 11.7. The van der Waals surface area contributed by atoms with Gasteiger partial charge < -0.3 is 10.6 Å². The zero-order valence-corrected chi connectivity index (χ0v) is 16.1. The molecule has 0 radical (unpaired) electrons. The standard InChI is InChI=1S/C18H25ClN2O3S/c1-17(12-20)10-11-21(13-17)16(22)18(8-2-3-9-18)25(23,24)15-6-4-14(19)5-7-15/h4-7H,2-3,8-13,20H2,1H3. The second-order valence-corrected chi connectivity index (χ2v) is 10.3. The zero-order valence-electron chi connectivity index (χ0n) is 14.5. The monoisotopic (exact) mass is 384 g/mol. The van der Waals surface area contributed by atoms with Gasteiger partial charge in [0.15, 0.2) is 14.6 Å². The number of hydrogen-bond donors (Lipinski definition) is 1. The third-order valence-electron chi connectivity index (χ3n) is 5.78. The molecule has 3 rings (SSSR count). The van der Waals surface area contributed by atoms with E-state index in [0.29, 0.717) is 37.5 Å². The van der Waals surface area contributed by atoms with E-state index in [1.807, 2.05) is 0 Å². The largest absolute Gasteiger partial charge is 0.341 e. The summed E-state index contributed by atoms with van der Waals surface area (Å²) in [5.74, 6) is -0.253. The SMILES string of the molecule is CC1(CN)CCN(C(=O)C2(S(=O)(=O)c3ccc(Cl)cc3)CCCC2)C1. The Labute approximate surface area is 154 Å². The fourth-order valence-electron chi connectivity index (χ4n) is 4.03. The molecule has 1 atom stereocenters. The predicted octanol–water partition coefficient (Wildman–Crippen LogP) is 2.62. The average molecular weight is 385 g/mol. The first kappa shape index (κ1) is 18.7. The number of sulfone groups is 1. The normalized spacial score (nSPS) is 26.1. The van der Waals surface area contributed by atoms with Gasteiger partial charge in [0.2, 0.25) is 5.91 Å². The summed E-state index contributed by atoms with van der Waals surface area (Å²) in [6, 6.07) is 6.11. The summed E-state index contributed by atoms with van der Waals surface area (Å²) in [5.41, 5.74) is 5.71. The van der Waals surface area contributed by atoms with Crippen LogP contribution in [0.25, 0.3) is 0 Å². The van der Waals surface area contributed by atoms with Gasteiger partial charge in [-0.25, -0.2) is 8.42 Å². The van der Waals surface area contributed by atoms with Gasteiger partial charge in [-0.1, -0.05) is 31.4 Å². The molecule has 2 aliphatic rings. The van der Waals surface area contributed by atoms with Crippen molar-refractivity contribution in [3.63, 3.8) is 0 Å². The molecule has 1 aromatic carbocycles. The summed E-state index contributed by atoms with van der Waals surface area (Å²) < 4.78 is 25.4. The van der Waals surface area contributed by atoms with E-state index in [1.54, 1.807) is 17.0 Å². The molecule has 7 heteroatoms. The maximum absolute atomic E-state index is 13.4. The van der Waals surface area contributed by atoms with E-state index in [1.165, 1.54) is 12.1 Å². The molecule has 25 heavy (non-hydrogen) atoms. The molecule has 0 spiro atoms. The summed E-state index contributed by atoms with van der Waals surface area (Å²) in [6.45, 7) is 3.65. The van der Waals surface area contributed by atoms with Crippen LogP contribution in [0.5, 0.6) is 0 Å². The molecule has 1 aromatic rings. The Balaban J connectivity index is 1.97. The highest BCUT2D eigenvalue weighted by molar-refractivity contribution is 7.93. The molecule has 0 aromatic heterocycles. The van der Waals surface area contributed by atoms with Crippen LogP contribution in [0, 0.1) is 5.41 Å². The Hall–Kier alpha value is -1.11. The van der Waals surface area contributed by atoms with Crippen molar-refractivity contribution in [1.29, 1.82) is 0 Å². The third kappa shape index (κ3) is 3.09. The molecule has 1 amide bonds. The maximum Gasteiger partial charge on any atom is 0.244 e. The minimum Gasteiger partial charge on any atom is -0.341 e. The first-order valence-corrected chi connectivity index (χ1v) is 10.6. The first-order valence-electron chi connectivity index (χ1n) is 8.74. The van der Waals surface area contributed by atoms with Crippen LogP contribution < -0.4 is 5.73 Å². The Morgan fingerprint density at radius 3 is 2.32 bits per heavy atom. The summed E-state index contributed by atoms with van der Waals surface area (Å²) >= 11 is 5.89. The van der Waals surface area contributed by atoms with Crippen LogP contribution >= 0.6 is 11.6 Å². The molecule has 0 bridgehead atoms. The number of halogens is 1. The van der Waals surface area contributed by atoms with Crippen LogP contribution in [0.2, 0.25) is 5.02 Å². The molecule has 1 unspecified atom stereocenters. The van der Waals surface area contributed by atoms with Crippen LogP contribution in [-0.4, -0.2) is 43.6 Å². The lowest BCUT2D eigenvalue weighted by Gasteiger charge is -2.33. The van der Waals surface area contributed by atoms with Gasteiger partial charge in [0.1, 0.15) is 0 Å². The maximum atomic E-state index is 13.4.